The number of aryl methyl sites for hydroxylation is 1. The van der Waals surface area contributed by atoms with Crippen molar-refractivity contribution in [3.63, 3.8) is 0 Å². The molecule has 2 N–H and O–H groups in total. The number of carboxylic acids is 1. The molecule has 2 aromatic heterocycles. The predicted octanol–water partition coefficient (Wildman–Crippen LogP) is 2.65. The molecule has 3 rings (SSSR count). The Morgan fingerprint density at radius 1 is 1.29 bits per heavy atom. The van der Waals surface area contributed by atoms with Gasteiger partial charge in [0.05, 0.1) is 5.69 Å². The zero-order valence-electron chi connectivity index (χ0n) is 12.8. The largest absolute Gasteiger partial charge is 0.477 e. The van der Waals surface area contributed by atoms with Gasteiger partial charge in [-0.25, -0.2) is 14.5 Å². The summed E-state index contributed by atoms with van der Waals surface area (Å²) >= 11 is 1.54. The summed E-state index contributed by atoms with van der Waals surface area (Å²) in [4.78, 5) is 27.5. The number of carbonyl (C=O) groups is 2. The van der Waals surface area contributed by atoms with Gasteiger partial charge in [0.15, 0.2) is 0 Å². The fourth-order valence-corrected chi connectivity index (χ4v) is 2.88. The Labute approximate surface area is 141 Å². The number of aromatic nitrogens is 3. The van der Waals surface area contributed by atoms with Gasteiger partial charge in [-0.3, -0.25) is 4.79 Å². The van der Waals surface area contributed by atoms with Crippen LogP contribution in [0.1, 0.15) is 16.2 Å². The molecule has 0 aliphatic carbocycles. The lowest BCUT2D eigenvalue weighted by atomic mass is 10.2. The minimum atomic E-state index is -1.11. The molecule has 0 aliphatic rings. The van der Waals surface area contributed by atoms with E-state index in [1.165, 1.54) is 22.1 Å². The van der Waals surface area contributed by atoms with Gasteiger partial charge in [-0.2, -0.15) is 5.10 Å². The minimum Gasteiger partial charge on any atom is -0.477 e. The van der Waals surface area contributed by atoms with Crippen LogP contribution < -0.4 is 5.32 Å². The van der Waals surface area contributed by atoms with Crippen LogP contribution >= 0.6 is 11.3 Å². The first-order chi connectivity index (χ1) is 11.5. The SMILES string of the molecule is Cc1cc(C(=O)O)n(CC(=O)Nc2ccc(-c3nccs3)cc2)n1. The van der Waals surface area contributed by atoms with Gasteiger partial charge >= 0.3 is 5.97 Å². The standard InChI is InChI=1S/C16H14N4O3S/c1-10-8-13(16(22)23)20(19-10)9-14(21)18-12-4-2-11(3-5-12)15-17-6-7-24-15/h2-8H,9H2,1H3,(H,18,21)(H,22,23). The lowest BCUT2D eigenvalue weighted by Gasteiger charge is -2.07. The van der Waals surface area contributed by atoms with Gasteiger partial charge in [0.1, 0.15) is 17.2 Å². The lowest BCUT2D eigenvalue weighted by molar-refractivity contribution is -0.116. The Kier molecular flexibility index (Phi) is 4.39. The Balaban J connectivity index is 1.68. The third-order valence-electron chi connectivity index (χ3n) is 3.26. The summed E-state index contributed by atoms with van der Waals surface area (Å²) in [5.41, 5.74) is 2.13. The first kappa shape index (κ1) is 15.9. The van der Waals surface area contributed by atoms with E-state index >= 15 is 0 Å². The molecule has 24 heavy (non-hydrogen) atoms. The van der Waals surface area contributed by atoms with Crippen molar-refractivity contribution in [2.45, 2.75) is 13.5 Å². The fourth-order valence-electron chi connectivity index (χ4n) is 2.24. The van der Waals surface area contributed by atoms with Gasteiger partial charge in [-0.15, -0.1) is 11.3 Å². The smallest absolute Gasteiger partial charge is 0.354 e. The number of amides is 1. The van der Waals surface area contributed by atoms with Crippen LogP contribution in [0.25, 0.3) is 10.6 Å². The highest BCUT2D eigenvalue weighted by Crippen LogP contribution is 2.23. The molecule has 0 atom stereocenters. The summed E-state index contributed by atoms with van der Waals surface area (Å²) < 4.78 is 1.18. The molecule has 2 heterocycles. The summed E-state index contributed by atoms with van der Waals surface area (Å²) in [7, 11) is 0. The van der Waals surface area contributed by atoms with Crippen molar-refractivity contribution in [3.8, 4) is 10.6 Å². The van der Waals surface area contributed by atoms with Gasteiger partial charge in [-0.05, 0) is 37.3 Å². The number of nitrogens with zero attached hydrogens (tertiary/aromatic N) is 3. The van der Waals surface area contributed by atoms with Crippen LogP contribution in [0.2, 0.25) is 0 Å². The van der Waals surface area contributed by atoms with E-state index in [0.717, 1.165) is 10.6 Å². The molecule has 0 spiro atoms. The molecule has 0 fully saturated rings. The molecule has 0 saturated heterocycles. The second kappa shape index (κ2) is 6.63. The number of carboxylic acid groups (broad SMARTS) is 1. The highest BCUT2D eigenvalue weighted by molar-refractivity contribution is 7.13. The van der Waals surface area contributed by atoms with Crippen LogP contribution in [-0.4, -0.2) is 31.7 Å². The second-order valence-corrected chi connectivity index (χ2v) is 5.99. The lowest BCUT2D eigenvalue weighted by Crippen LogP contribution is -2.22. The van der Waals surface area contributed by atoms with Crippen molar-refractivity contribution in [2.24, 2.45) is 0 Å². The maximum absolute atomic E-state index is 12.1. The molecule has 0 saturated carbocycles. The van der Waals surface area contributed by atoms with Crippen molar-refractivity contribution in [1.82, 2.24) is 14.8 Å². The van der Waals surface area contributed by atoms with Crippen molar-refractivity contribution in [3.05, 3.63) is 53.3 Å². The molecule has 0 aliphatic heterocycles. The number of anilines is 1. The molecule has 1 aromatic carbocycles. The van der Waals surface area contributed by atoms with E-state index in [0.29, 0.717) is 11.4 Å². The molecule has 0 unspecified atom stereocenters. The van der Waals surface area contributed by atoms with Crippen LogP contribution in [0.3, 0.4) is 0 Å². The Morgan fingerprint density at radius 2 is 2.04 bits per heavy atom. The summed E-state index contributed by atoms with van der Waals surface area (Å²) in [5.74, 6) is -1.46. The molecule has 0 bridgehead atoms. The number of benzene rings is 1. The summed E-state index contributed by atoms with van der Waals surface area (Å²) in [6.45, 7) is 1.52. The number of hydrogen-bond acceptors (Lipinski definition) is 5. The summed E-state index contributed by atoms with van der Waals surface area (Å²) in [5, 5.41) is 18.7. The zero-order valence-corrected chi connectivity index (χ0v) is 13.6. The molecular weight excluding hydrogens is 328 g/mol. The summed E-state index contributed by atoms with van der Waals surface area (Å²) in [6, 6.07) is 8.73. The monoisotopic (exact) mass is 342 g/mol. The van der Waals surface area contributed by atoms with Gasteiger partial charge in [0, 0.05) is 22.8 Å². The molecule has 7 nitrogen and oxygen atoms in total. The fraction of sp³-hybridized carbons (Fsp3) is 0.125. The average molecular weight is 342 g/mol. The maximum atomic E-state index is 12.1. The van der Waals surface area contributed by atoms with Gasteiger partial charge < -0.3 is 10.4 Å². The Hall–Kier alpha value is -3.00. The number of carbonyl (C=O) groups excluding carboxylic acids is 1. The topological polar surface area (TPSA) is 97.1 Å². The van der Waals surface area contributed by atoms with E-state index in [1.54, 1.807) is 25.3 Å². The normalized spacial score (nSPS) is 10.5. The van der Waals surface area contributed by atoms with E-state index in [-0.39, 0.29) is 18.1 Å². The second-order valence-electron chi connectivity index (χ2n) is 5.10. The van der Waals surface area contributed by atoms with Crippen LogP contribution in [0, 0.1) is 6.92 Å². The first-order valence-corrected chi connectivity index (χ1v) is 7.98. The highest BCUT2D eigenvalue weighted by Gasteiger charge is 2.15. The van der Waals surface area contributed by atoms with E-state index in [1.807, 2.05) is 17.5 Å². The van der Waals surface area contributed by atoms with Crippen LogP contribution in [0.15, 0.2) is 41.9 Å². The summed E-state index contributed by atoms with van der Waals surface area (Å²) in [6.07, 6.45) is 1.74. The third-order valence-corrected chi connectivity index (χ3v) is 4.08. The number of rotatable bonds is 5. The molecule has 8 heteroatoms. The maximum Gasteiger partial charge on any atom is 0.354 e. The van der Waals surface area contributed by atoms with Gasteiger partial charge in [-0.1, -0.05) is 0 Å². The van der Waals surface area contributed by atoms with Gasteiger partial charge in [0.2, 0.25) is 5.91 Å². The molecule has 1 amide bonds. The zero-order chi connectivity index (χ0) is 17.1. The minimum absolute atomic E-state index is 0.0123. The molecule has 3 aromatic rings. The van der Waals surface area contributed by atoms with Crippen LogP contribution in [0.5, 0.6) is 0 Å². The van der Waals surface area contributed by atoms with E-state index in [2.05, 4.69) is 15.4 Å². The van der Waals surface area contributed by atoms with Crippen molar-refractivity contribution >= 4 is 28.9 Å². The predicted molar refractivity (Wildman–Crippen MR) is 90.1 cm³/mol. The van der Waals surface area contributed by atoms with Crippen LogP contribution in [0.4, 0.5) is 5.69 Å². The van der Waals surface area contributed by atoms with Crippen molar-refractivity contribution in [1.29, 1.82) is 0 Å². The van der Waals surface area contributed by atoms with Crippen molar-refractivity contribution in [2.75, 3.05) is 5.32 Å². The third kappa shape index (κ3) is 3.49. The number of hydrogen-bond donors (Lipinski definition) is 2. The van der Waals surface area contributed by atoms with E-state index in [4.69, 9.17) is 5.11 Å². The first-order valence-electron chi connectivity index (χ1n) is 7.10. The van der Waals surface area contributed by atoms with Crippen molar-refractivity contribution < 1.29 is 14.7 Å². The Morgan fingerprint density at radius 3 is 2.67 bits per heavy atom. The number of nitrogens with one attached hydrogen (secondary N) is 1. The Bertz CT molecular complexity index is 869. The quantitative estimate of drug-likeness (QED) is 0.743. The average Bonchev–Trinajstić information content (AvgIpc) is 3.18. The molecule has 0 radical (unpaired) electrons. The van der Waals surface area contributed by atoms with E-state index in [9.17, 15) is 9.59 Å². The molecular formula is C16H14N4O3S. The highest BCUT2D eigenvalue weighted by atomic mass is 32.1. The van der Waals surface area contributed by atoms with E-state index < -0.39 is 5.97 Å². The van der Waals surface area contributed by atoms with Gasteiger partial charge in [0.25, 0.3) is 0 Å². The molecule has 122 valence electrons. The number of aromatic carboxylic acids is 1. The van der Waals surface area contributed by atoms with Crippen LogP contribution in [-0.2, 0) is 11.3 Å². The number of thiazole rings is 1.